The maximum absolute atomic E-state index is 13.7. The van der Waals surface area contributed by atoms with Crippen molar-refractivity contribution < 1.29 is 4.39 Å². The molecule has 3 heteroatoms. The van der Waals surface area contributed by atoms with E-state index in [1.807, 2.05) is 30.4 Å². The fourth-order valence-corrected chi connectivity index (χ4v) is 3.15. The third-order valence-electron chi connectivity index (χ3n) is 3.33. The van der Waals surface area contributed by atoms with Gasteiger partial charge in [0, 0.05) is 27.4 Å². The van der Waals surface area contributed by atoms with Gasteiger partial charge in [0.05, 0.1) is 0 Å². The molecule has 0 aliphatic heterocycles. The minimum Gasteiger partial charge on any atom is -0.303 e. The standard InChI is InChI=1S/C16H20FNS/c1-4-13-9-10-16(19-13)12(3)18-11(2)14-7-5-6-8-15(14)17/h5-12,18H,4H2,1-3H3. The molecule has 0 spiro atoms. The molecule has 1 heterocycles. The van der Waals surface area contributed by atoms with Gasteiger partial charge in [0.2, 0.25) is 0 Å². The Labute approximate surface area is 118 Å². The first-order chi connectivity index (χ1) is 9.11. The topological polar surface area (TPSA) is 12.0 Å². The third kappa shape index (κ3) is 3.43. The quantitative estimate of drug-likeness (QED) is 0.823. The minimum absolute atomic E-state index is 0.00313. The lowest BCUT2D eigenvalue weighted by molar-refractivity contribution is 0.478. The van der Waals surface area contributed by atoms with Crippen molar-refractivity contribution in [1.82, 2.24) is 5.32 Å². The smallest absolute Gasteiger partial charge is 0.127 e. The van der Waals surface area contributed by atoms with Crippen LogP contribution in [-0.4, -0.2) is 0 Å². The van der Waals surface area contributed by atoms with Crippen molar-refractivity contribution in [3.8, 4) is 0 Å². The molecule has 2 atom stereocenters. The van der Waals surface area contributed by atoms with Crippen LogP contribution in [0.5, 0.6) is 0 Å². The lowest BCUT2D eigenvalue weighted by Gasteiger charge is -2.20. The number of rotatable bonds is 5. The SMILES string of the molecule is CCc1ccc(C(C)NC(C)c2ccccc2F)s1. The molecule has 1 aromatic carbocycles. The van der Waals surface area contributed by atoms with Crippen molar-refractivity contribution in [2.45, 2.75) is 39.3 Å². The second-order valence-corrected chi connectivity index (χ2v) is 5.99. The highest BCUT2D eigenvalue weighted by molar-refractivity contribution is 7.12. The number of aryl methyl sites for hydroxylation is 1. The zero-order valence-electron chi connectivity index (χ0n) is 11.6. The van der Waals surface area contributed by atoms with E-state index in [1.165, 1.54) is 15.8 Å². The minimum atomic E-state index is -0.143. The summed E-state index contributed by atoms with van der Waals surface area (Å²) in [6.07, 6.45) is 1.07. The average Bonchev–Trinajstić information content (AvgIpc) is 2.88. The molecule has 19 heavy (non-hydrogen) atoms. The first kappa shape index (κ1) is 14.2. The van der Waals surface area contributed by atoms with Gasteiger partial charge in [0.15, 0.2) is 0 Å². The van der Waals surface area contributed by atoms with Crippen molar-refractivity contribution in [2.75, 3.05) is 0 Å². The molecule has 0 aliphatic carbocycles. The first-order valence-corrected chi connectivity index (χ1v) is 7.52. The summed E-state index contributed by atoms with van der Waals surface area (Å²) in [4.78, 5) is 2.70. The van der Waals surface area contributed by atoms with Crippen LogP contribution in [0.25, 0.3) is 0 Å². The van der Waals surface area contributed by atoms with Crippen LogP contribution >= 0.6 is 11.3 Å². The highest BCUT2D eigenvalue weighted by atomic mass is 32.1. The molecule has 0 amide bonds. The van der Waals surface area contributed by atoms with E-state index in [4.69, 9.17) is 0 Å². The highest BCUT2D eigenvalue weighted by Crippen LogP contribution is 2.26. The number of thiophene rings is 1. The molecule has 102 valence electrons. The van der Waals surface area contributed by atoms with Crippen molar-refractivity contribution in [3.63, 3.8) is 0 Å². The zero-order chi connectivity index (χ0) is 13.8. The van der Waals surface area contributed by atoms with Crippen LogP contribution in [0.3, 0.4) is 0 Å². The maximum atomic E-state index is 13.7. The van der Waals surface area contributed by atoms with Gasteiger partial charge in [0.1, 0.15) is 5.82 Å². The molecule has 2 aromatic rings. The molecular weight excluding hydrogens is 257 g/mol. The molecule has 1 aromatic heterocycles. The summed E-state index contributed by atoms with van der Waals surface area (Å²) < 4.78 is 13.7. The maximum Gasteiger partial charge on any atom is 0.127 e. The van der Waals surface area contributed by atoms with Gasteiger partial charge < -0.3 is 5.32 Å². The molecule has 1 N–H and O–H groups in total. The molecular formula is C16H20FNS. The van der Waals surface area contributed by atoms with E-state index in [0.717, 1.165) is 12.0 Å². The average molecular weight is 277 g/mol. The second-order valence-electron chi connectivity index (χ2n) is 4.79. The van der Waals surface area contributed by atoms with Gasteiger partial charge in [0.25, 0.3) is 0 Å². The lowest BCUT2D eigenvalue weighted by Crippen LogP contribution is -2.22. The summed E-state index contributed by atoms with van der Waals surface area (Å²) in [5, 5.41) is 3.46. The van der Waals surface area contributed by atoms with Crippen molar-refractivity contribution in [3.05, 3.63) is 57.5 Å². The van der Waals surface area contributed by atoms with E-state index in [2.05, 4.69) is 31.3 Å². The van der Waals surface area contributed by atoms with Gasteiger partial charge in [-0.25, -0.2) is 4.39 Å². The monoisotopic (exact) mass is 277 g/mol. The fraction of sp³-hybridized carbons (Fsp3) is 0.375. The van der Waals surface area contributed by atoms with Crippen LogP contribution in [0.4, 0.5) is 4.39 Å². The Hall–Kier alpha value is -1.19. The molecule has 2 unspecified atom stereocenters. The molecule has 2 rings (SSSR count). The predicted octanol–water partition coefficient (Wildman–Crippen LogP) is 4.86. The Kier molecular flexibility index (Phi) is 4.72. The van der Waals surface area contributed by atoms with E-state index in [9.17, 15) is 4.39 Å². The number of hydrogen-bond donors (Lipinski definition) is 1. The molecule has 1 nitrogen and oxygen atoms in total. The van der Waals surface area contributed by atoms with E-state index < -0.39 is 0 Å². The van der Waals surface area contributed by atoms with Gasteiger partial charge in [-0.3, -0.25) is 0 Å². The molecule has 0 fully saturated rings. The van der Waals surface area contributed by atoms with Crippen LogP contribution < -0.4 is 5.32 Å². The van der Waals surface area contributed by atoms with E-state index in [-0.39, 0.29) is 17.9 Å². The number of benzene rings is 1. The number of halogens is 1. The third-order valence-corrected chi connectivity index (χ3v) is 4.74. The van der Waals surface area contributed by atoms with Crippen molar-refractivity contribution in [2.24, 2.45) is 0 Å². The molecule has 0 bridgehead atoms. The van der Waals surface area contributed by atoms with Crippen LogP contribution in [0.15, 0.2) is 36.4 Å². The summed E-state index contributed by atoms with van der Waals surface area (Å²) in [5.74, 6) is -0.143. The Balaban J connectivity index is 2.06. The van der Waals surface area contributed by atoms with Gasteiger partial charge in [-0.1, -0.05) is 25.1 Å². The first-order valence-electron chi connectivity index (χ1n) is 6.71. The molecule has 0 saturated carbocycles. The summed E-state index contributed by atoms with van der Waals surface area (Å²) in [6, 6.07) is 11.5. The van der Waals surface area contributed by atoms with Gasteiger partial charge >= 0.3 is 0 Å². The Morgan fingerprint density at radius 3 is 2.47 bits per heavy atom. The normalized spacial score (nSPS) is 14.3. The lowest BCUT2D eigenvalue weighted by atomic mass is 10.1. The van der Waals surface area contributed by atoms with E-state index in [1.54, 1.807) is 6.07 Å². The van der Waals surface area contributed by atoms with Crippen LogP contribution in [0.1, 0.15) is 48.2 Å². The molecule has 0 radical (unpaired) electrons. The number of hydrogen-bond acceptors (Lipinski definition) is 2. The number of nitrogens with one attached hydrogen (secondary N) is 1. The van der Waals surface area contributed by atoms with Crippen molar-refractivity contribution in [1.29, 1.82) is 0 Å². The predicted molar refractivity (Wildman–Crippen MR) is 80.1 cm³/mol. The second kappa shape index (κ2) is 6.31. The van der Waals surface area contributed by atoms with Crippen LogP contribution in [0, 0.1) is 5.82 Å². The van der Waals surface area contributed by atoms with Gasteiger partial charge in [-0.2, -0.15) is 0 Å². The summed E-state index contributed by atoms with van der Waals surface area (Å²) >= 11 is 1.83. The largest absolute Gasteiger partial charge is 0.303 e. The van der Waals surface area contributed by atoms with E-state index >= 15 is 0 Å². The van der Waals surface area contributed by atoms with Crippen LogP contribution in [-0.2, 0) is 6.42 Å². The van der Waals surface area contributed by atoms with Gasteiger partial charge in [-0.05, 0) is 38.5 Å². The Morgan fingerprint density at radius 2 is 1.84 bits per heavy atom. The zero-order valence-corrected chi connectivity index (χ0v) is 12.4. The van der Waals surface area contributed by atoms with Crippen molar-refractivity contribution >= 4 is 11.3 Å². The summed E-state index contributed by atoms with van der Waals surface area (Å²) in [6.45, 7) is 6.29. The summed E-state index contributed by atoms with van der Waals surface area (Å²) in [7, 11) is 0. The molecule has 0 aliphatic rings. The van der Waals surface area contributed by atoms with E-state index in [0.29, 0.717) is 0 Å². The summed E-state index contributed by atoms with van der Waals surface area (Å²) in [5.41, 5.74) is 0.724. The molecule has 0 saturated heterocycles. The Morgan fingerprint density at radius 1 is 1.11 bits per heavy atom. The van der Waals surface area contributed by atoms with Gasteiger partial charge in [-0.15, -0.1) is 11.3 Å². The van der Waals surface area contributed by atoms with Crippen LogP contribution in [0.2, 0.25) is 0 Å². The Bertz CT molecular complexity index is 535. The fourth-order valence-electron chi connectivity index (χ4n) is 2.19. The highest BCUT2D eigenvalue weighted by Gasteiger charge is 2.15.